The third kappa shape index (κ3) is 3.21. The second-order valence-corrected chi connectivity index (χ2v) is 5.10. The van der Waals surface area contributed by atoms with Gasteiger partial charge in [0, 0.05) is 23.7 Å². The first-order valence-corrected chi connectivity index (χ1v) is 6.99. The molecule has 116 valence electrons. The minimum Gasteiger partial charge on any atom is -0.348 e. The molecule has 0 unspecified atom stereocenters. The summed E-state index contributed by atoms with van der Waals surface area (Å²) in [6.07, 6.45) is 0. The van der Waals surface area contributed by atoms with E-state index < -0.39 is 5.82 Å². The van der Waals surface area contributed by atoms with Crippen LogP contribution in [0.4, 0.5) is 15.8 Å². The second-order valence-electron chi connectivity index (χ2n) is 5.10. The Balaban J connectivity index is 1.83. The minimum absolute atomic E-state index is 0.195. The normalized spacial score (nSPS) is 10.5. The number of aromatic amines is 1. The van der Waals surface area contributed by atoms with E-state index in [2.05, 4.69) is 15.6 Å². The zero-order valence-electron chi connectivity index (χ0n) is 12.3. The van der Waals surface area contributed by atoms with Gasteiger partial charge in [0.2, 0.25) is 5.91 Å². The van der Waals surface area contributed by atoms with E-state index in [0.29, 0.717) is 22.3 Å². The summed E-state index contributed by atoms with van der Waals surface area (Å²) in [7, 11) is 0. The lowest BCUT2D eigenvalue weighted by molar-refractivity contribution is -0.114. The molecule has 2 aromatic carbocycles. The molecule has 0 aliphatic heterocycles. The van der Waals surface area contributed by atoms with Crippen LogP contribution in [-0.4, -0.2) is 16.8 Å². The SMILES string of the molecule is CC(=O)Nc1cccc(NC(=O)c2cc3cccc(F)c3[nH]2)c1. The summed E-state index contributed by atoms with van der Waals surface area (Å²) in [6, 6.07) is 13.0. The molecule has 0 fully saturated rings. The van der Waals surface area contributed by atoms with E-state index >= 15 is 0 Å². The van der Waals surface area contributed by atoms with Crippen molar-refractivity contribution in [1.29, 1.82) is 0 Å². The average Bonchev–Trinajstić information content (AvgIpc) is 2.92. The summed E-state index contributed by atoms with van der Waals surface area (Å²) in [4.78, 5) is 26.1. The lowest BCUT2D eigenvalue weighted by Crippen LogP contribution is -2.13. The summed E-state index contributed by atoms with van der Waals surface area (Å²) in [5.41, 5.74) is 1.66. The van der Waals surface area contributed by atoms with Crippen LogP contribution in [0.15, 0.2) is 48.5 Å². The number of para-hydroxylation sites is 1. The fourth-order valence-electron chi connectivity index (χ4n) is 2.32. The molecule has 3 rings (SSSR count). The molecule has 3 N–H and O–H groups in total. The van der Waals surface area contributed by atoms with Gasteiger partial charge in [-0.25, -0.2) is 4.39 Å². The number of nitrogens with one attached hydrogen (secondary N) is 3. The largest absolute Gasteiger partial charge is 0.348 e. The lowest BCUT2D eigenvalue weighted by Gasteiger charge is -2.07. The number of hydrogen-bond donors (Lipinski definition) is 3. The fourth-order valence-corrected chi connectivity index (χ4v) is 2.32. The quantitative estimate of drug-likeness (QED) is 0.692. The van der Waals surface area contributed by atoms with Crippen LogP contribution in [0.3, 0.4) is 0 Å². The van der Waals surface area contributed by atoms with Gasteiger partial charge in [0.15, 0.2) is 0 Å². The smallest absolute Gasteiger partial charge is 0.272 e. The first kappa shape index (κ1) is 14.8. The van der Waals surface area contributed by atoms with Crippen LogP contribution in [0.25, 0.3) is 10.9 Å². The highest BCUT2D eigenvalue weighted by atomic mass is 19.1. The van der Waals surface area contributed by atoms with Crippen LogP contribution >= 0.6 is 0 Å². The number of anilines is 2. The highest BCUT2D eigenvalue weighted by molar-refractivity contribution is 6.06. The molecule has 0 radical (unpaired) electrons. The molecular weight excluding hydrogens is 297 g/mol. The second kappa shape index (κ2) is 5.92. The van der Waals surface area contributed by atoms with Crippen molar-refractivity contribution in [2.45, 2.75) is 6.92 Å². The van der Waals surface area contributed by atoms with E-state index in [1.54, 1.807) is 42.5 Å². The maximum absolute atomic E-state index is 13.7. The summed E-state index contributed by atoms with van der Waals surface area (Å²) >= 11 is 0. The number of fused-ring (bicyclic) bond motifs is 1. The Morgan fingerprint density at radius 2 is 1.70 bits per heavy atom. The van der Waals surface area contributed by atoms with Crippen molar-refractivity contribution in [3.63, 3.8) is 0 Å². The lowest BCUT2D eigenvalue weighted by atomic mass is 10.2. The number of amides is 2. The van der Waals surface area contributed by atoms with Crippen LogP contribution in [0, 0.1) is 5.82 Å². The van der Waals surface area contributed by atoms with Crippen LogP contribution in [-0.2, 0) is 4.79 Å². The van der Waals surface area contributed by atoms with Crippen LogP contribution in [0.1, 0.15) is 17.4 Å². The van der Waals surface area contributed by atoms with Crippen molar-refractivity contribution < 1.29 is 14.0 Å². The molecule has 0 saturated carbocycles. The number of carbonyl (C=O) groups excluding carboxylic acids is 2. The number of benzene rings is 2. The molecule has 1 aromatic heterocycles. The van der Waals surface area contributed by atoms with E-state index in [9.17, 15) is 14.0 Å². The fraction of sp³-hybridized carbons (Fsp3) is 0.0588. The Morgan fingerprint density at radius 3 is 2.39 bits per heavy atom. The maximum atomic E-state index is 13.7. The monoisotopic (exact) mass is 311 g/mol. The number of H-pyrrole nitrogens is 1. The summed E-state index contributed by atoms with van der Waals surface area (Å²) in [5, 5.41) is 5.97. The maximum Gasteiger partial charge on any atom is 0.272 e. The zero-order chi connectivity index (χ0) is 16.4. The first-order chi connectivity index (χ1) is 11.0. The van der Waals surface area contributed by atoms with Crippen molar-refractivity contribution in [3.8, 4) is 0 Å². The molecule has 0 aliphatic carbocycles. The van der Waals surface area contributed by atoms with Crippen molar-refractivity contribution >= 4 is 34.1 Å². The molecule has 23 heavy (non-hydrogen) atoms. The molecule has 0 saturated heterocycles. The van der Waals surface area contributed by atoms with Gasteiger partial charge in [0.25, 0.3) is 5.91 Å². The Kier molecular flexibility index (Phi) is 3.80. The van der Waals surface area contributed by atoms with Gasteiger partial charge < -0.3 is 15.6 Å². The Morgan fingerprint density at radius 1 is 1.00 bits per heavy atom. The highest BCUT2D eigenvalue weighted by Crippen LogP contribution is 2.20. The number of aromatic nitrogens is 1. The molecule has 3 aromatic rings. The predicted molar refractivity (Wildman–Crippen MR) is 87.0 cm³/mol. The average molecular weight is 311 g/mol. The highest BCUT2D eigenvalue weighted by Gasteiger charge is 2.12. The minimum atomic E-state index is -0.408. The van der Waals surface area contributed by atoms with Gasteiger partial charge in [-0.3, -0.25) is 9.59 Å². The van der Waals surface area contributed by atoms with Gasteiger partial charge in [-0.15, -0.1) is 0 Å². The zero-order valence-corrected chi connectivity index (χ0v) is 12.3. The molecule has 1 heterocycles. The topological polar surface area (TPSA) is 74.0 Å². The molecule has 0 atom stereocenters. The summed E-state index contributed by atoms with van der Waals surface area (Å²) in [5.74, 6) is -0.991. The molecule has 2 amide bonds. The van der Waals surface area contributed by atoms with Gasteiger partial charge >= 0.3 is 0 Å². The number of hydrogen-bond acceptors (Lipinski definition) is 2. The van der Waals surface area contributed by atoms with Gasteiger partial charge in [-0.2, -0.15) is 0 Å². The predicted octanol–water partition coefficient (Wildman–Crippen LogP) is 3.52. The number of carbonyl (C=O) groups is 2. The van der Waals surface area contributed by atoms with Crippen molar-refractivity contribution in [2.75, 3.05) is 10.6 Å². The van der Waals surface area contributed by atoms with E-state index in [0.717, 1.165) is 0 Å². The van der Waals surface area contributed by atoms with Crippen molar-refractivity contribution in [1.82, 2.24) is 4.98 Å². The van der Waals surface area contributed by atoms with Gasteiger partial charge in [-0.05, 0) is 30.3 Å². The van der Waals surface area contributed by atoms with Crippen LogP contribution in [0.5, 0.6) is 0 Å². The third-order valence-electron chi connectivity index (χ3n) is 3.29. The van der Waals surface area contributed by atoms with E-state index in [-0.39, 0.29) is 17.5 Å². The third-order valence-corrected chi connectivity index (χ3v) is 3.29. The van der Waals surface area contributed by atoms with E-state index in [4.69, 9.17) is 0 Å². The van der Waals surface area contributed by atoms with Crippen LogP contribution in [0.2, 0.25) is 0 Å². The molecule has 5 nitrogen and oxygen atoms in total. The first-order valence-electron chi connectivity index (χ1n) is 6.99. The Bertz CT molecular complexity index is 902. The molecule has 6 heteroatoms. The summed E-state index contributed by atoms with van der Waals surface area (Å²) < 4.78 is 13.7. The molecular formula is C17H14FN3O2. The Labute approximate surface area is 131 Å². The summed E-state index contributed by atoms with van der Waals surface area (Å²) in [6.45, 7) is 1.41. The molecule has 0 aliphatic rings. The van der Waals surface area contributed by atoms with Gasteiger partial charge in [-0.1, -0.05) is 18.2 Å². The van der Waals surface area contributed by atoms with Gasteiger partial charge in [0.05, 0.1) is 5.52 Å². The van der Waals surface area contributed by atoms with E-state index in [1.807, 2.05) is 0 Å². The molecule has 0 spiro atoms. The van der Waals surface area contributed by atoms with Crippen LogP contribution < -0.4 is 10.6 Å². The standard InChI is InChI=1S/C17H14FN3O2/c1-10(22)19-12-5-3-6-13(9-12)20-17(23)15-8-11-4-2-7-14(18)16(11)21-15/h2-9,21H,1H3,(H,19,22)(H,20,23). The molecule has 0 bridgehead atoms. The van der Waals surface area contributed by atoms with Crippen molar-refractivity contribution in [2.24, 2.45) is 0 Å². The Hall–Kier alpha value is -3.15. The van der Waals surface area contributed by atoms with E-state index in [1.165, 1.54) is 13.0 Å². The number of rotatable bonds is 3. The van der Waals surface area contributed by atoms with Gasteiger partial charge in [0.1, 0.15) is 11.5 Å². The number of halogens is 1. The van der Waals surface area contributed by atoms with Crippen molar-refractivity contribution in [3.05, 3.63) is 60.0 Å².